The SMILES string of the molecule is Nc1nc2n(n1)[C@@H](c1ccccc1Br)C1=C(C[C@@H](c3ccco3)CC1=O)N2. The van der Waals surface area contributed by atoms with E-state index >= 15 is 0 Å². The Morgan fingerprint density at radius 3 is 2.85 bits per heavy atom. The zero-order valence-corrected chi connectivity index (χ0v) is 15.8. The predicted octanol–water partition coefficient (Wildman–Crippen LogP) is 3.63. The average Bonchev–Trinajstić information content (AvgIpc) is 3.29. The molecule has 136 valence electrons. The van der Waals surface area contributed by atoms with Gasteiger partial charge in [-0.2, -0.15) is 4.98 Å². The third-order valence-electron chi connectivity index (χ3n) is 5.08. The topological polar surface area (TPSA) is 99.0 Å². The molecule has 0 saturated heterocycles. The summed E-state index contributed by atoms with van der Waals surface area (Å²) in [7, 11) is 0. The molecule has 0 amide bonds. The van der Waals surface area contributed by atoms with Crippen molar-refractivity contribution < 1.29 is 9.21 Å². The molecule has 7 nitrogen and oxygen atoms in total. The highest BCUT2D eigenvalue weighted by Crippen LogP contribution is 2.45. The summed E-state index contributed by atoms with van der Waals surface area (Å²) in [5.74, 6) is 1.61. The summed E-state index contributed by atoms with van der Waals surface area (Å²) in [6.07, 6.45) is 2.70. The van der Waals surface area contributed by atoms with Gasteiger partial charge in [0.25, 0.3) is 0 Å². The second kappa shape index (κ2) is 6.09. The first kappa shape index (κ1) is 16.3. The van der Waals surface area contributed by atoms with Gasteiger partial charge < -0.3 is 15.5 Å². The van der Waals surface area contributed by atoms with Crippen LogP contribution in [0, 0.1) is 0 Å². The summed E-state index contributed by atoms with van der Waals surface area (Å²) in [6, 6.07) is 11.2. The van der Waals surface area contributed by atoms with E-state index in [9.17, 15) is 4.79 Å². The van der Waals surface area contributed by atoms with E-state index < -0.39 is 0 Å². The lowest BCUT2D eigenvalue weighted by Crippen LogP contribution is -2.33. The van der Waals surface area contributed by atoms with E-state index in [1.165, 1.54) is 0 Å². The van der Waals surface area contributed by atoms with Crippen molar-refractivity contribution in [1.82, 2.24) is 14.8 Å². The van der Waals surface area contributed by atoms with E-state index in [1.807, 2.05) is 36.4 Å². The molecule has 3 heterocycles. The number of fused-ring (bicyclic) bond motifs is 1. The highest BCUT2D eigenvalue weighted by molar-refractivity contribution is 9.10. The minimum atomic E-state index is -0.373. The number of allylic oxidation sites excluding steroid dienone is 2. The average molecular weight is 426 g/mol. The number of hydrogen-bond acceptors (Lipinski definition) is 6. The Hall–Kier alpha value is -2.87. The van der Waals surface area contributed by atoms with Crippen LogP contribution in [0.2, 0.25) is 0 Å². The molecule has 0 radical (unpaired) electrons. The molecule has 3 N–H and O–H groups in total. The number of benzene rings is 1. The number of ketones is 1. The number of halogens is 1. The van der Waals surface area contributed by atoms with Crippen molar-refractivity contribution in [2.24, 2.45) is 0 Å². The Morgan fingerprint density at radius 1 is 1.22 bits per heavy atom. The third-order valence-corrected chi connectivity index (χ3v) is 5.80. The first-order chi connectivity index (χ1) is 13.1. The minimum Gasteiger partial charge on any atom is -0.469 e. The fourth-order valence-electron chi connectivity index (χ4n) is 3.94. The Labute approximate surface area is 163 Å². The van der Waals surface area contributed by atoms with Gasteiger partial charge in [0, 0.05) is 28.1 Å². The Kier molecular flexibility index (Phi) is 3.68. The van der Waals surface area contributed by atoms with Crippen LogP contribution in [0.15, 0.2) is 62.8 Å². The minimum absolute atomic E-state index is 0.00503. The molecule has 3 aromatic rings. The highest BCUT2D eigenvalue weighted by atomic mass is 79.9. The predicted molar refractivity (Wildman–Crippen MR) is 103 cm³/mol. The van der Waals surface area contributed by atoms with Crippen LogP contribution in [0.5, 0.6) is 0 Å². The van der Waals surface area contributed by atoms with Crippen LogP contribution < -0.4 is 11.1 Å². The van der Waals surface area contributed by atoms with Crippen LogP contribution in [0.3, 0.4) is 0 Å². The first-order valence-corrected chi connectivity index (χ1v) is 9.44. The van der Waals surface area contributed by atoms with E-state index in [0.29, 0.717) is 24.4 Å². The van der Waals surface area contributed by atoms with Gasteiger partial charge in [0.05, 0.1) is 6.26 Å². The molecule has 0 saturated carbocycles. The normalized spacial score (nSPS) is 21.6. The molecule has 8 heteroatoms. The van der Waals surface area contributed by atoms with Gasteiger partial charge in [0.1, 0.15) is 11.8 Å². The van der Waals surface area contributed by atoms with Crippen LogP contribution in [0.25, 0.3) is 0 Å². The summed E-state index contributed by atoms with van der Waals surface area (Å²) in [5, 5.41) is 7.61. The van der Waals surface area contributed by atoms with Gasteiger partial charge in [-0.3, -0.25) is 4.79 Å². The Morgan fingerprint density at radius 2 is 2.07 bits per heavy atom. The van der Waals surface area contributed by atoms with E-state index in [4.69, 9.17) is 10.2 Å². The fraction of sp³-hybridized carbons (Fsp3) is 0.211. The maximum atomic E-state index is 13.2. The lowest BCUT2D eigenvalue weighted by molar-refractivity contribution is -0.117. The molecule has 1 aliphatic heterocycles. The van der Waals surface area contributed by atoms with E-state index in [1.54, 1.807) is 10.9 Å². The van der Waals surface area contributed by atoms with Crippen molar-refractivity contribution in [2.75, 3.05) is 11.1 Å². The number of nitrogens with zero attached hydrogens (tertiary/aromatic N) is 3. The summed E-state index contributed by atoms with van der Waals surface area (Å²) in [6.45, 7) is 0. The Balaban J connectivity index is 1.66. The molecule has 0 unspecified atom stereocenters. The number of nitrogens with two attached hydrogens (primary N) is 1. The molecule has 2 aromatic heterocycles. The van der Waals surface area contributed by atoms with Crippen LogP contribution in [0.4, 0.5) is 11.9 Å². The van der Waals surface area contributed by atoms with Gasteiger partial charge in [0.15, 0.2) is 5.78 Å². The van der Waals surface area contributed by atoms with E-state index in [0.717, 1.165) is 21.5 Å². The number of carbonyl (C=O) groups is 1. The summed E-state index contributed by atoms with van der Waals surface area (Å²) < 4.78 is 8.14. The molecule has 1 aliphatic carbocycles. The van der Waals surface area contributed by atoms with Crippen molar-refractivity contribution in [2.45, 2.75) is 24.8 Å². The molecule has 0 spiro atoms. The standard InChI is InChI=1S/C19H16BrN5O2/c20-12-5-2-1-4-11(12)17-16-13(22-19-23-18(21)24-25(17)19)8-10(9-14(16)26)15-6-3-7-27-15/h1-7,10,17H,8-9H2,(H3,21,22,23,24)/t10-,17+/m1/s1. The molecule has 0 fully saturated rings. The van der Waals surface area contributed by atoms with Gasteiger partial charge >= 0.3 is 0 Å². The van der Waals surface area contributed by atoms with Crippen LogP contribution >= 0.6 is 15.9 Å². The fourth-order valence-corrected chi connectivity index (χ4v) is 4.44. The van der Waals surface area contributed by atoms with Gasteiger partial charge in [-0.05, 0) is 30.2 Å². The number of furan rings is 1. The summed E-state index contributed by atoms with van der Waals surface area (Å²) >= 11 is 3.61. The largest absolute Gasteiger partial charge is 0.469 e. The van der Waals surface area contributed by atoms with Crippen LogP contribution in [-0.4, -0.2) is 20.5 Å². The van der Waals surface area contributed by atoms with Crippen LogP contribution in [-0.2, 0) is 4.79 Å². The molecular weight excluding hydrogens is 410 g/mol. The lowest BCUT2D eigenvalue weighted by atomic mass is 9.79. The van der Waals surface area contributed by atoms with Gasteiger partial charge in [-0.25, -0.2) is 4.68 Å². The van der Waals surface area contributed by atoms with Gasteiger partial charge in [-0.1, -0.05) is 34.1 Å². The zero-order chi connectivity index (χ0) is 18.5. The molecule has 0 bridgehead atoms. The maximum absolute atomic E-state index is 13.2. The van der Waals surface area contributed by atoms with Crippen molar-refractivity contribution in [3.05, 3.63) is 69.7 Å². The van der Waals surface area contributed by atoms with Crippen LogP contribution in [0.1, 0.15) is 36.1 Å². The molecular formula is C19H16BrN5O2. The summed E-state index contributed by atoms with van der Waals surface area (Å²) in [5.41, 5.74) is 8.36. The number of anilines is 2. The van der Waals surface area contributed by atoms with Crippen molar-refractivity contribution in [3.8, 4) is 0 Å². The molecule has 2 atom stereocenters. The molecule has 1 aromatic carbocycles. The van der Waals surface area contributed by atoms with Crippen molar-refractivity contribution >= 4 is 33.6 Å². The number of aromatic nitrogens is 3. The smallest absolute Gasteiger partial charge is 0.241 e. The number of nitrogen functional groups attached to an aromatic ring is 1. The van der Waals surface area contributed by atoms with Gasteiger partial charge in [-0.15, -0.1) is 5.10 Å². The first-order valence-electron chi connectivity index (χ1n) is 8.65. The van der Waals surface area contributed by atoms with E-state index in [2.05, 4.69) is 31.3 Å². The zero-order valence-electron chi connectivity index (χ0n) is 14.2. The van der Waals surface area contributed by atoms with E-state index in [-0.39, 0.29) is 23.7 Å². The lowest BCUT2D eigenvalue weighted by Gasteiger charge is -2.34. The highest BCUT2D eigenvalue weighted by Gasteiger charge is 2.40. The molecule has 27 heavy (non-hydrogen) atoms. The molecule has 2 aliphatic rings. The monoisotopic (exact) mass is 425 g/mol. The third kappa shape index (κ3) is 2.59. The number of hydrogen-bond donors (Lipinski definition) is 2. The summed E-state index contributed by atoms with van der Waals surface area (Å²) in [4.78, 5) is 17.5. The second-order valence-corrected chi connectivity index (χ2v) is 7.58. The Bertz CT molecular complexity index is 1070. The van der Waals surface area contributed by atoms with Crippen molar-refractivity contribution in [3.63, 3.8) is 0 Å². The maximum Gasteiger partial charge on any atom is 0.241 e. The second-order valence-electron chi connectivity index (χ2n) is 6.72. The van der Waals surface area contributed by atoms with Crippen molar-refractivity contribution in [1.29, 1.82) is 0 Å². The quantitative estimate of drug-likeness (QED) is 0.650. The number of Topliss-reactive ketones (excluding diaryl/α,β-unsaturated/α-hetero) is 1. The molecule has 5 rings (SSSR count). The number of carbonyl (C=O) groups excluding carboxylic acids is 1. The van der Waals surface area contributed by atoms with Gasteiger partial charge in [0.2, 0.25) is 11.9 Å². The number of rotatable bonds is 2. The number of nitrogens with one attached hydrogen (secondary N) is 1.